The van der Waals surface area contributed by atoms with Crippen LogP contribution in [0.3, 0.4) is 0 Å². The van der Waals surface area contributed by atoms with Crippen molar-refractivity contribution in [3.63, 3.8) is 0 Å². The lowest BCUT2D eigenvalue weighted by Gasteiger charge is -2.29. The summed E-state index contributed by atoms with van der Waals surface area (Å²) in [5.41, 5.74) is 1.23. The first-order valence-electron chi connectivity index (χ1n) is 6.82. The van der Waals surface area contributed by atoms with Gasteiger partial charge in [-0.15, -0.1) is 0 Å². The molecule has 0 aliphatic rings. The average Bonchev–Trinajstić information content (AvgIpc) is 2.93. The van der Waals surface area contributed by atoms with Gasteiger partial charge < -0.3 is 4.90 Å². The fraction of sp³-hybridized carbons (Fsp3) is 0.267. The lowest BCUT2D eigenvalue weighted by atomic mass is 10.2. The van der Waals surface area contributed by atoms with Gasteiger partial charge in [-0.3, -0.25) is 0 Å². The standard InChI is InChI=1S/C15H16ClN5/c1-11(2)20(9-12-6-4-3-5-7-12)14-8-13(16)19-15-17-10-18-21(14)15/h3-8,10-11H,9H2,1-2H3. The van der Waals surface area contributed by atoms with Crippen LogP contribution in [0.15, 0.2) is 42.7 Å². The van der Waals surface area contributed by atoms with E-state index in [9.17, 15) is 0 Å². The second-order valence-corrected chi connectivity index (χ2v) is 5.50. The molecule has 0 fully saturated rings. The Labute approximate surface area is 128 Å². The third-order valence-electron chi connectivity index (χ3n) is 3.32. The first-order chi connectivity index (χ1) is 10.1. The molecule has 2 aromatic heterocycles. The Kier molecular flexibility index (Phi) is 3.75. The highest BCUT2D eigenvalue weighted by molar-refractivity contribution is 6.29. The number of hydrogen-bond donors (Lipinski definition) is 0. The lowest BCUT2D eigenvalue weighted by Crippen LogP contribution is -2.32. The number of halogens is 1. The van der Waals surface area contributed by atoms with Gasteiger partial charge in [-0.05, 0) is 19.4 Å². The minimum absolute atomic E-state index is 0.288. The molecular weight excluding hydrogens is 286 g/mol. The number of nitrogens with zero attached hydrogens (tertiary/aromatic N) is 5. The summed E-state index contributed by atoms with van der Waals surface area (Å²) in [5, 5.41) is 4.67. The van der Waals surface area contributed by atoms with Crippen molar-refractivity contribution >= 4 is 23.2 Å². The van der Waals surface area contributed by atoms with Crippen LogP contribution in [-0.2, 0) is 6.54 Å². The van der Waals surface area contributed by atoms with E-state index in [1.807, 2.05) is 24.3 Å². The topological polar surface area (TPSA) is 46.3 Å². The Hall–Kier alpha value is -2.14. The van der Waals surface area contributed by atoms with Gasteiger partial charge in [-0.25, -0.2) is 0 Å². The molecule has 0 N–H and O–H groups in total. The van der Waals surface area contributed by atoms with Gasteiger partial charge >= 0.3 is 0 Å². The predicted molar refractivity (Wildman–Crippen MR) is 83.6 cm³/mol. The third-order valence-corrected chi connectivity index (χ3v) is 3.51. The molecule has 0 spiro atoms. The van der Waals surface area contributed by atoms with E-state index in [0.29, 0.717) is 10.9 Å². The summed E-state index contributed by atoms with van der Waals surface area (Å²) in [6.45, 7) is 5.05. The fourth-order valence-electron chi connectivity index (χ4n) is 2.28. The second kappa shape index (κ2) is 5.69. The van der Waals surface area contributed by atoms with Gasteiger partial charge in [0.2, 0.25) is 0 Å². The van der Waals surface area contributed by atoms with Crippen molar-refractivity contribution in [3.8, 4) is 0 Å². The summed E-state index contributed by atoms with van der Waals surface area (Å²) in [7, 11) is 0. The molecule has 2 heterocycles. The Bertz CT molecular complexity index is 738. The number of benzene rings is 1. The summed E-state index contributed by atoms with van der Waals surface area (Å²) in [6, 6.07) is 12.4. The second-order valence-electron chi connectivity index (χ2n) is 5.12. The van der Waals surface area contributed by atoms with E-state index in [0.717, 1.165) is 12.4 Å². The largest absolute Gasteiger partial charge is 0.350 e. The van der Waals surface area contributed by atoms with Crippen LogP contribution >= 0.6 is 11.6 Å². The normalized spacial score (nSPS) is 11.2. The summed E-state index contributed by atoms with van der Waals surface area (Å²) < 4.78 is 1.72. The van der Waals surface area contributed by atoms with Gasteiger partial charge in [0.05, 0.1) is 0 Å². The molecule has 21 heavy (non-hydrogen) atoms. The minimum atomic E-state index is 0.288. The zero-order valence-corrected chi connectivity index (χ0v) is 12.7. The number of rotatable bonds is 4. The van der Waals surface area contributed by atoms with Crippen molar-refractivity contribution in [1.29, 1.82) is 0 Å². The SMILES string of the molecule is CC(C)N(Cc1ccccc1)c1cc(Cl)nc2ncnn12. The monoisotopic (exact) mass is 301 g/mol. The smallest absolute Gasteiger partial charge is 0.255 e. The first-order valence-corrected chi connectivity index (χ1v) is 7.20. The quantitative estimate of drug-likeness (QED) is 0.694. The Balaban J connectivity index is 2.05. The van der Waals surface area contributed by atoms with Crippen LogP contribution < -0.4 is 4.90 Å². The highest BCUT2D eigenvalue weighted by Gasteiger charge is 2.17. The minimum Gasteiger partial charge on any atom is -0.350 e. The number of fused-ring (bicyclic) bond motifs is 1. The van der Waals surface area contributed by atoms with E-state index in [-0.39, 0.29) is 6.04 Å². The zero-order valence-electron chi connectivity index (χ0n) is 11.9. The van der Waals surface area contributed by atoms with Crippen molar-refractivity contribution in [1.82, 2.24) is 19.6 Å². The molecule has 0 atom stereocenters. The zero-order chi connectivity index (χ0) is 14.8. The van der Waals surface area contributed by atoms with Gasteiger partial charge in [0, 0.05) is 18.7 Å². The van der Waals surface area contributed by atoms with Crippen LogP contribution in [0, 0.1) is 0 Å². The molecular formula is C15H16ClN5. The van der Waals surface area contributed by atoms with Crippen LogP contribution in [0.2, 0.25) is 5.15 Å². The van der Waals surface area contributed by atoms with E-state index >= 15 is 0 Å². The molecule has 108 valence electrons. The van der Waals surface area contributed by atoms with E-state index in [1.54, 1.807) is 4.52 Å². The van der Waals surface area contributed by atoms with Crippen LogP contribution in [0.25, 0.3) is 5.78 Å². The van der Waals surface area contributed by atoms with Crippen LogP contribution in [0.4, 0.5) is 5.82 Å². The van der Waals surface area contributed by atoms with Crippen LogP contribution in [0.1, 0.15) is 19.4 Å². The van der Waals surface area contributed by atoms with Gasteiger partial charge in [-0.2, -0.15) is 19.6 Å². The molecule has 0 saturated heterocycles. The van der Waals surface area contributed by atoms with E-state index in [4.69, 9.17) is 11.6 Å². The van der Waals surface area contributed by atoms with Crippen LogP contribution in [0.5, 0.6) is 0 Å². The molecule has 0 radical (unpaired) electrons. The Morgan fingerprint density at radius 3 is 2.71 bits per heavy atom. The maximum Gasteiger partial charge on any atom is 0.255 e. The molecule has 5 nitrogen and oxygen atoms in total. The molecule has 6 heteroatoms. The highest BCUT2D eigenvalue weighted by Crippen LogP contribution is 2.23. The predicted octanol–water partition coefficient (Wildman–Crippen LogP) is 3.19. The van der Waals surface area contributed by atoms with Crippen LogP contribution in [-0.4, -0.2) is 25.6 Å². The molecule has 3 aromatic rings. The number of aromatic nitrogens is 4. The van der Waals surface area contributed by atoms with Gasteiger partial charge in [-0.1, -0.05) is 41.9 Å². The van der Waals surface area contributed by atoms with Crippen molar-refractivity contribution in [3.05, 3.63) is 53.4 Å². The maximum absolute atomic E-state index is 6.11. The summed E-state index contributed by atoms with van der Waals surface area (Å²) in [4.78, 5) is 10.5. The molecule has 0 bridgehead atoms. The summed E-state index contributed by atoms with van der Waals surface area (Å²) in [6.07, 6.45) is 1.49. The van der Waals surface area contributed by atoms with Gasteiger partial charge in [0.15, 0.2) is 0 Å². The molecule has 0 unspecified atom stereocenters. The molecule has 0 aliphatic heterocycles. The van der Waals surface area contributed by atoms with E-state index < -0.39 is 0 Å². The molecule has 0 amide bonds. The molecule has 0 aliphatic carbocycles. The summed E-state index contributed by atoms with van der Waals surface area (Å²) in [5.74, 6) is 1.40. The maximum atomic E-state index is 6.11. The third kappa shape index (κ3) is 2.83. The molecule has 0 saturated carbocycles. The number of hydrogen-bond acceptors (Lipinski definition) is 4. The van der Waals surface area contributed by atoms with Crippen molar-refractivity contribution < 1.29 is 0 Å². The summed E-state index contributed by atoms with van der Waals surface area (Å²) >= 11 is 6.11. The average molecular weight is 302 g/mol. The lowest BCUT2D eigenvalue weighted by molar-refractivity contribution is 0.658. The highest BCUT2D eigenvalue weighted by atomic mass is 35.5. The van der Waals surface area contributed by atoms with E-state index in [2.05, 4.69) is 45.9 Å². The van der Waals surface area contributed by atoms with Gasteiger partial charge in [0.1, 0.15) is 17.3 Å². The van der Waals surface area contributed by atoms with Crippen molar-refractivity contribution in [2.75, 3.05) is 4.90 Å². The van der Waals surface area contributed by atoms with Crippen molar-refractivity contribution in [2.45, 2.75) is 26.4 Å². The fourth-order valence-corrected chi connectivity index (χ4v) is 2.45. The molecule has 3 rings (SSSR count). The Morgan fingerprint density at radius 1 is 1.24 bits per heavy atom. The Morgan fingerprint density at radius 2 is 2.00 bits per heavy atom. The van der Waals surface area contributed by atoms with Gasteiger partial charge in [0.25, 0.3) is 5.78 Å². The van der Waals surface area contributed by atoms with Crippen molar-refractivity contribution in [2.24, 2.45) is 0 Å². The molecule has 1 aromatic carbocycles. The van der Waals surface area contributed by atoms with E-state index in [1.165, 1.54) is 11.9 Å². The number of anilines is 1. The first kappa shape index (κ1) is 13.8.